The lowest BCUT2D eigenvalue weighted by Gasteiger charge is -2.11. The third-order valence-corrected chi connectivity index (χ3v) is 4.00. The Labute approximate surface area is 139 Å². The van der Waals surface area contributed by atoms with E-state index in [9.17, 15) is 4.79 Å². The molecular formula is C15H14Br2N2O2. The van der Waals surface area contributed by atoms with Crippen molar-refractivity contribution in [1.29, 1.82) is 0 Å². The molecule has 21 heavy (non-hydrogen) atoms. The second-order valence-corrected chi connectivity index (χ2v) is 6.19. The zero-order chi connectivity index (χ0) is 15.4. The summed E-state index contributed by atoms with van der Waals surface area (Å²) in [6, 6.07) is 11.0. The maximum Gasteiger partial charge on any atom is 0.262 e. The summed E-state index contributed by atoms with van der Waals surface area (Å²) in [6.45, 7) is 1.84. The van der Waals surface area contributed by atoms with Crippen LogP contribution in [0.3, 0.4) is 0 Å². The van der Waals surface area contributed by atoms with Crippen LogP contribution in [0, 0.1) is 6.92 Å². The molecule has 0 saturated heterocycles. The number of amides is 1. The first kappa shape index (κ1) is 15.9. The predicted octanol–water partition coefficient (Wildman–Crippen LogP) is 4.12. The summed E-state index contributed by atoms with van der Waals surface area (Å²) in [6.07, 6.45) is 0. The van der Waals surface area contributed by atoms with Gasteiger partial charge in [0.2, 0.25) is 0 Å². The molecule has 4 nitrogen and oxygen atoms in total. The number of aryl methyl sites for hydroxylation is 1. The minimum Gasteiger partial charge on any atom is -0.481 e. The number of ether oxygens (including phenoxy) is 1. The molecule has 0 radical (unpaired) electrons. The van der Waals surface area contributed by atoms with Gasteiger partial charge in [-0.05, 0) is 68.6 Å². The average molecular weight is 414 g/mol. The van der Waals surface area contributed by atoms with Crippen LogP contribution >= 0.6 is 31.9 Å². The maximum atomic E-state index is 11.9. The molecule has 0 spiro atoms. The van der Waals surface area contributed by atoms with Crippen molar-refractivity contribution in [2.45, 2.75) is 6.92 Å². The molecule has 0 unspecified atom stereocenters. The van der Waals surface area contributed by atoms with Gasteiger partial charge in [0.05, 0.1) is 20.3 Å². The van der Waals surface area contributed by atoms with Crippen molar-refractivity contribution >= 4 is 49.1 Å². The Balaban J connectivity index is 1.99. The largest absolute Gasteiger partial charge is 0.481 e. The number of nitrogens with two attached hydrogens (primary N) is 1. The predicted molar refractivity (Wildman–Crippen MR) is 91.6 cm³/mol. The molecule has 1 amide bonds. The van der Waals surface area contributed by atoms with E-state index in [0.717, 1.165) is 14.5 Å². The van der Waals surface area contributed by atoms with Crippen LogP contribution in [0.4, 0.5) is 11.4 Å². The molecule has 110 valence electrons. The van der Waals surface area contributed by atoms with Gasteiger partial charge in [-0.2, -0.15) is 0 Å². The molecule has 2 aromatic carbocycles. The van der Waals surface area contributed by atoms with E-state index in [4.69, 9.17) is 10.5 Å². The minimum absolute atomic E-state index is 0.103. The number of benzene rings is 2. The molecular weight excluding hydrogens is 400 g/mol. The number of para-hydroxylation sites is 1. The molecule has 0 aliphatic rings. The van der Waals surface area contributed by atoms with Gasteiger partial charge in [-0.3, -0.25) is 4.79 Å². The number of hydrogen-bond acceptors (Lipinski definition) is 3. The number of nitrogen functional groups attached to an aromatic ring is 1. The van der Waals surface area contributed by atoms with E-state index < -0.39 is 0 Å². The lowest BCUT2D eigenvalue weighted by molar-refractivity contribution is -0.118. The fourth-order valence-corrected chi connectivity index (χ4v) is 2.97. The zero-order valence-electron chi connectivity index (χ0n) is 11.3. The second kappa shape index (κ2) is 6.95. The van der Waals surface area contributed by atoms with Gasteiger partial charge in [0.15, 0.2) is 6.61 Å². The highest BCUT2D eigenvalue weighted by molar-refractivity contribution is 9.11. The Hall–Kier alpha value is -1.53. The molecule has 0 aliphatic heterocycles. The summed E-state index contributed by atoms with van der Waals surface area (Å²) in [4.78, 5) is 11.9. The molecule has 2 aromatic rings. The van der Waals surface area contributed by atoms with Crippen molar-refractivity contribution in [2.24, 2.45) is 0 Å². The number of carbonyl (C=O) groups excluding carboxylic acids is 1. The smallest absolute Gasteiger partial charge is 0.262 e. The lowest BCUT2D eigenvalue weighted by atomic mass is 10.2. The molecule has 2 rings (SSSR count). The Morgan fingerprint density at radius 3 is 2.52 bits per heavy atom. The highest BCUT2D eigenvalue weighted by Gasteiger charge is 2.10. The van der Waals surface area contributed by atoms with E-state index in [-0.39, 0.29) is 12.5 Å². The van der Waals surface area contributed by atoms with Crippen molar-refractivity contribution in [1.82, 2.24) is 0 Å². The van der Waals surface area contributed by atoms with Gasteiger partial charge in [-0.15, -0.1) is 0 Å². The molecule has 0 bridgehead atoms. The first-order valence-electron chi connectivity index (χ1n) is 6.20. The van der Waals surface area contributed by atoms with Crippen LogP contribution in [-0.4, -0.2) is 12.5 Å². The summed E-state index contributed by atoms with van der Waals surface area (Å²) in [5.74, 6) is 0.317. The normalized spacial score (nSPS) is 10.2. The third kappa shape index (κ3) is 4.22. The van der Waals surface area contributed by atoms with Gasteiger partial charge in [0.1, 0.15) is 5.75 Å². The van der Waals surface area contributed by atoms with E-state index in [1.165, 1.54) is 0 Å². The number of rotatable bonds is 4. The number of halogens is 2. The number of nitrogens with one attached hydrogen (secondary N) is 1. The van der Waals surface area contributed by atoms with E-state index >= 15 is 0 Å². The van der Waals surface area contributed by atoms with Crippen LogP contribution < -0.4 is 15.8 Å². The number of anilines is 2. The summed E-state index contributed by atoms with van der Waals surface area (Å²) in [5, 5.41) is 2.73. The van der Waals surface area contributed by atoms with Crippen LogP contribution in [0.5, 0.6) is 5.75 Å². The Morgan fingerprint density at radius 1 is 1.24 bits per heavy atom. The van der Waals surface area contributed by atoms with Crippen molar-refractivity contribution < 1.29 is 9.53 Å². The van der Waals surface area contributed by atoms with Crippen LogP contribution in [0.1, 0.15) is 5.56 Å². The van der Waals surface area contributed by atoms with Crippen LogP contribution in [0.15, 0.2) is 45.3 Å². The van der Waals surface area contributed by atoms with Crippen molar-refractivity contribution in [2.75, 3.05) is 17.7 Å². The third-order valence-electron chi connectivity index (χ3n) is 2.75. The molecule has 0 heterocycles. The molecule has 0 aliphatic carbocycles. The van der Waals surface area contributed by atoms with E-state index in [1.807, 2.05) is 31.2 Å². The SMILES string of the molecule is Cc1ccc(NC(=O)COc2c(Br)cccc2Br)c(N)c1. The topological polar surface area (TPSA) is 64.3 Å². The standard InChI is InChI=1S/C15H14Br2N2O2/c1-9-5-6-13(12(18)7-9)19-14(20)8-21-15-10(16)3-2-4-11(15)17/h2-7H,8,18H2,1H3,(H,19,20). The molecule has 0 aromatic heterocycles. The zero-order valence-corrected chi connectivity index (χ0v) is 14.5. The van der Waals surface area contributed by atoms with Gasteiger partial charge in [0.25, 0.3) is 5.91 Å². The van der Waals surface area contributed by atoms with Crippen LogP contribution in [0.2, 0.25) is 0 Å². The first-order valence-corrected chi connectivity index (χ1v) is 7.79. The van der Waals surface area contributed by atoms with Gasteiger partial charge >= 0.3 is 0 Å². The molecule has 0 atom stereocenters. The van der Waals surface area contributed by atoms with Crippen molar-refractivity contribution in [3.05, 3.63) is 50.9 Å². The summed E-state index contributed by atoms with van der Waals surface area (Å²) in [5.41, 5.74) is 8.01. The molecule has 3 N–H and O–H groups in total. The summed E-state index contributed by atoms with van der Waals surface area (Å²) < 4.78 is 7.07. The average Bonchev–Trinajstić information content (AvgIpc) is 2.41. The van der Waals surface area contributed by atoms with Crippen molar-refractivity contribution in [3.8, 4) is 5.75 Å². The van der Waals surface area contributed by atoms with Crippen LogP contribution in [-0.2, 0) is 4.79 Å². The van der Waals surface area contributed by atoms with Crippen molar-refractivity contribution in [3.63, 3.8) is 0 Å². The summed E-state index contributed by atoms with van der Waals surface area (Å²) in [7, 11) is 0. The van der Waals surface area contributed by atoms with Gasteiger partial charge in [-0.25, -0.2) is 0 Å². The summed E-state index contributed by atoms with van der Waals surface area (Å²) >= 11 is 6.75. The fraction of sp³-hybridized carbons (Fsp3) is 0.133. The highest BCUT2D eigenvalue weighted by atomic mass is 79.9. The quantitative estimate of drug-likeness (QED) is 0.741. The minimum atomic E-state index is -0.270. The fourth-order valence-electron chi connectivity index (χ4n) is 1.74. The second-order valence-electron chi connectivity index (χ2n) is 4.48. The van der Waals surface area contributed by atoms with Gasteiger partial charge < -0.3 is 15.8 Å². The lowest BCUT2D eigenvalue weighted by Crippen LogP contribution is -2.21. The first-order chi connectivity index (χ1) is 9.97. The van der Waals surface area contributed by atoms with E-state index in [0.29, 0.717) is 17.1 Å². The number of carbonyl (C=O) groups is 1. The van der Waals surface area contributed by atoms with E-state index in [1.54, 1.807) is 12.1 Å². The Kier molecular flexibility index (Phi) is 5.25. The van der Waals surface area contributed by atoms with E-state index in [2.05, 4.69) is 37.2 Å². The molecule has 0 fully saturated rings. The highest BCUT2D eigenvalue weighted by Crippen LogP contribution is 2.32. The maximum absolute atomic E-state index is 11.9. The Bertz CT molecular complexity index is 654. The van der Waals surface area contributed by atoms with Crippen LogP contribution in [0.25, 0.3) is 0 Å². The van der Waals surface area contributed by atoms with Gasteiger partial charge in [0, 0.05) is 0 Å². The molecule has 6 heteroatoms. The Morgan fingerprint density at radius 2 is 1.90 bits per heavy atom. The monoisotopic (exact) mass is 412 g/mol. The molecule has 0 saturated carbocycles. The van der Waals surface area contributed by atoms with Gasteiger partial charge in [-0.1, -0.05) is 12.1 Å². The number of hydrogen-bond donors (Lipinski definition) is 2.